The van der Waals surface area contributed by atoms with Crippen LogP contribution in [0.15, 0.2) is 18.2 Å². The van der Waals surface area contributed by atoms with Crippen molar-refractivity contribution in [3.8, 4) is 5.75 Å². The van der Waals surface area contributed by atoms with Gasteiger partial charge in [0.25, 0.3) is 0 Å². The molecule has 0 aliphatic carbocycles. The molecule has 5 heteroatoms. The predicted molar refractivity (Wildman–Crippen MR) is 93.5 cm³/mol. The molecule has 0 amide bonds. The van der Waals surface area contributed by atoms with E-state index in [1.165, 1.54) is 23.5 Å². The Bertz CT molecular complexity index is 499. The zero-order valence-corrected chi connectivity index (χ0v) is 14.6. The molecule has 0 radical (unpaired) electrons. The molecular formula is C17H24ClNO2S. The van der Waals surface area contributed by atoms with Gasteiger partial charge in [-0.15, -0.1) is 0 Å². The minimum Gasteiger partial charge on any atom is -0.496 e. The highest BCUT2D eigenvalue weighted by molar-refractivity contribution is 7.99. The van der Waals surface area contributed by atoms with Crippen molar-refractivity contribution in [2.45, 2.75) is 30.7 Å². The van der Waals surface area contributed by atoms with E-state index in [0.717, 1.165) is 43.4 Å². The Morgan fingerprint density at radius 3 is 2.91 bits per heavy atom. The Labute approximate surface area is 142 Å². The number of methoxy groups -OCH3 is 1. The quantitative estimate of drug-likeness (QED) is 0.888. The number of halogens is 1. The van der Waals surface area contributed by atoms with Gasteiger partial charge in [0.15, 0.2) is 0 Å². The minimum absolute atomic E-state index is 0.0573. The van der Waals surface area contributed by atoms with E-state index < -0.39 is 0 Å². The molecule has 1 aromatic carbocycles. The zero-order chi connectivity index (χ0) is 15.4. The number of thioether (sulfide) groups is 1. The average molecular weight is 342 g/mol. The monoisotopic (exact) mass is 341 g/mol. The van der Waals surface area contributed by atoms with Gasteiger partial charge in [-0.25, -0.2) is 0 Å². The smallest absolute Gasteiger partial charge is 0.122 e. The van der Waals surface area contributed by atoms with E-state index in [-0.39, 0.29) is 5.41 Å². The van der Waals surface area contributed by atoms with Crippen LogP contribution in [0.25, 0.3) is 0 Å². The van der Waals surface area contributed by atoms with Crippen LogP contribution in [0.2, 0.25) is 5.02 Å². The molecule has 2 fully saturated rings. The zero-order valence-electron chi connectivity index (χ0n) is 13.1. The Balaban J connectivity index is 1.86. The first kappa shape index (κ1) is 16.4. The number of nitrogens with one attached hydrogen (secondary N) is 1. The summed E-state index contributed by atoms with van der Waals surface area (Å²) in [7, 11) is 1.74. The summed E-state index contributed by atoms with van der Waals surface area (Å²) in [5.74, 6) is 3.43. The molecule has 0 saturated carbocycles. The fourth-order valence-electron chi connectivity index (χ4n) is 3.43. The fraction of sp³-hybridized carbons (Fsp3) is 0.647. The van der Waals surface area contributed by atoms with Gasteiger partial charge in [0, 0.05) is 47.6 Å². The molecule has 3 nitrogen and oxygen atoms in total. The van der Waals surface area contributed by atoms with Gasteiger partial charge < -0.3 is 14.8 Å². The van der Waals surface area contributed by atoms with E-state index in [2.05, 4.69) is 11.4 Å². The number of ether oxygens (including phenoxy) is 2. The fourth-order valence-corrected chi connectivity index (χ4v) is 4.79. The van der Waals surface area contributed by atoms with Crippen LogP contribution in [0.3, 0.4) is 0 Å². The standard InChI is InChI=1S/C17H24ClNO2S/c1-20-16-3-2-13(18)10-15(16)17(5-7-21-8-6-17)12-19-14-4-9-22-11-14/h2-3,10,14,19H,4-9,11-12H2,1H3/t14-/m1/s1. The van der Waals surface area contributed by atoms with Gasteiger partial charge in [-0.1, -0.05) is 11.6 Å². The maximum absolute atomic E-state index is 6.27. The first-order valence-corrected chi connectivity index (χ1v) is 9.50. The summed E-state index contributed by atoms with van der Waals surface area (Å²) in [6.45, 7) is 2.58. The van der Waals surface area contributed by atoms with Crippen molar-refractivity contribution in [2.24, 2.45) is 0 Å². The van der Waals surface area contributed by atoms with Crippen LogP contribution < -0.4 is 10.1 Å². The molecular weight excluding hydrogens is 318 g/mol. The molecule has 0 aromatic heterocycles. The van der Waals surface area contributed by atoms with Crippen LogP contribution in [0.1, 0.15) is 24.8 Å². The average Bonchev–Trinajstić information content (AvgIpc) is 3.07. The van der Waals surface area contributed by atoms with Crippen molar-refractivity contribution in [1.29, 1.82) is 0 Å². The molecule has 0 spiro atoms. The Morgan fingerprint density at radius 1 is 1.41 bits per heavy atom. The van der Waals surface area contributed by atoms with Gasteiger partial charge in [0.2, 0.25) is 0 Å². The lowest BCUT2D eigenvalue weighted by molar-refractivity contribution is 0.0483. The maximum atomic E-state index is 6.27. The molecule has 0 bridgehead atoms. The molecule has 122 valence electrons. The van der Waals surface area contributed by atoms with Crippen LogP contribution in [-0.2, 0) is 10.2 Å². The lowest BCUT2D eigenvalue weighted by Crippen LogP contribution is -2.46. The van der Waals surface area contributed by atoms with Crippen molar-refractivity contribution in [3.05, 3.63) is 28.8 Å². The topological polar surface area (TPSA) is 30.5 Å². The normalized spacial score (nSPS) is 24.4. The van der Waals surface area contributed by atoms with E-state index in [9.17, 15) is 0 Å². The van der Waals surface area contributed by atoms with Gasteiger partial charge in [-0.3, -0.25) is 0 Å². The third-order valence-electron chi connectivity index (χ3n) is 4.84. The molecule has 2 heterocycles. The Hall–Kier alpha value is -0.420. The van der Waals surface area contributed by atoms with E-state index in [0.29, 0.717) is 6.04 Å². The molecule has 2 saturated heterocycles. The number of benzene rings is 1. The summed E-state index contributed by atoms with van der Waals surface area (Å²) in [5, 5.41) is 4.56. The Kier molecular flexibility index (Phi) is 5.55. The second kappa shape index (κ2) is 7.43. The van der Waals surface area contributed by atoms with Crippen LogP contribution in [-0.4, -0.2) is 44.4 Å². The van der Waals surface area contributed by atoms with E-state index in [4.69, 9.17) is 21.1 Å². The lowest BCUT2D eigenvalue weighted by atomic mass is 9.73. The molecule has 2 aliphatic rings. The third-order valence-corrected chi connectivity index (χ3v) is 6.24. The van der Waals surface area contributed by atoms with E-state index >= 15 is 0 Å². The number of hydrogen-bond donors (Lipinski definition) is 1. The third kappa shape index (κ3) is 3.56. The largest absolute Gasteiger partial charge is 0.496 e. The van der Waals surface area contributed by atoms with Gasteiger partial charge >= 0.3 is 0 Å². The van der Waals surface area contributed by atoms with Crippen molar-refractivity contribution in [3.63, 3.8) is 0 Å². The molecule has 2 aliphatic heterocycles. The van der Waals surface area contributed by atoms with Crippen LogP contribution in [0.4, 0.5) is 0 Å². The molecule has 0 unspecified atom stereocenters. The molecule has 3 rings (SSSR count). The van der Waals surface area contributed by atoms with Crippen LogP contribution in [0.5, 0.6) is 5.75 Å². The van der Waals surface area contributed by atoms with E-state index in [1.807, 2.05) is 23.9 Å². The van der Waals surface area contributed by atoms with Crippen molar-refractivity contribution < 1.29 is 9.47 Å². The van der Waals surface area contributed by atoms with Crippen molar-refractivity contribution >= 4 is 23.4 Å². The molecule has 1 atom stereocenters. The van der Waals surface area contributed by atoms with Gasteiger partial charge in [0.1, 0.15) is 5.75 Å². The van der Waals surface area contributed by atoms with E-state index in [1.54, 1.807) is 7.11 Å². The summed E-state index contributed by atoms with van der Waals surface area (Å²) in [5.41, 5.74) is 1.28. The molecule has 1 aromatic rings. The van der Waals surface area contributed by atoms with Crippen molar-refractivity contribution in [1.82, 2.24) is 5.32 Å². The van der Waals surface area contributed by atoms with Gasteiger partial charge in [0.05, 0.1) is 7.11 Å². The summed E-state index contributed by atoms with van der Waals surface area (Å²) in [6, 6.07) is 6.60. The highest BCUT2D eigenvalue weighted by Crippen LogP contribution is 2.41. The van der Waals surface area contributed by atoms with Gasteiger partial charge in [-0.05, 0) is 43.2 Å². The molecule has 1 N–H and O–H groups in total. The second-order valence-corrected chi connectivity index (χ2v) is 7.76. The second-order valence-electron chi connectivity index (χ2n) is 6.18. The number of hydrogen-bond acceptors (Lipinski definition) is 4. The highest BCUT2D eigenvalue weighted by Gasteiger charge is 2.37. The van der Waals surface area contributed by atoms with Gasteiger partial charge in [-0.2, -0.15) is 11.8 Å². The minimum atomic E-state index is 0.0573. The predicted octanol–water partition coefficient (Wildman–Crippen LogP) is 3.49. The van der Waals surface area contributed by atoms with Crippen molar-refractivity contribution in [2.75, 3.05) is 38.4 Å². The first-order valence-electron chi connectivity index (χ1n) is 7.96. The summed E-state index contributed by atoms with van der Waals surface area (Å²) in [4.78, 5) is 0. The Morgan fingerprint density at radius 2 is 2.23 bits per heavy atom. The van der Waals surface area contributed by atoms with Crippen LogP contribution in [0, 0.1) is 0 Å². The SMILES string of the molecule is COc1ccc(Cl)cc1C1(CN[C@@H]2CCSC2)CCOCC1. The maximum Gasteiger partial charge on any atom is 0.122 e. The highest BCUT2D eigenvalue weighted by atomic mass is 35.5. The summed E-state index contributed by atoms with van der Waals surface area (Å²) < 4.78 is 11.2. The molecule has 22 heavy (non-hydrogen) atoms. The number of rotatable bonds is 5. The van der Waals surface area contributed by atoms with Crippen LogP contribution >= 0.6 is 23.4 Å². The first-order chi connectivity index (χ1) is 10.7. The lowest BCUT2D eigenvalue weighted by Gasteiger charge is -2.39. The summed E-state index contributed by atoms with van der Waals surface area (Å²) >= 11 is 8.31. The summed E-state index contributed by atoms with van der Waals surface area (Å²) in [6.07, 6.45) is 3.29.